The molecular weight excluding hydrogens is 491 g/mol. The number of carbonyl (C=O) groups excluding carboxylic acids is 1. The number of hydrogen-bond acceptors (Lipinski definition) is 7. The summed E-state index contributed by atoms with van der Waals surface area (Å²) in [4.78, 5) is 22.4. The number of carbonyl (C=O) groups is 1. The van der Waals surface area contributed by atoms with Crippen LogP contribution in [0.15, 0.2) is 71.6 Å². The van der Waals surface area contributed by atoms with Gasteiger partial charge in [-0.3, -0.25) is 14.9 Å². The highest BCUT2D eigenvalue weighted by molar-refractivity contribution is 7.89. The van der Waals surface area contributed by atoms with E-state index < -0.39 is 32.8 Å². The van der Waals surface area contributed by atoms with Crippen LogP contribution in [0, 0.1) is 21.8 Å². The summed E-state index contributed by atoms with van der Waals surface area (Å²) >= 11 is 0. The second kappa shape index (κ2) is 11.3. The van der Waals surface area contributed by atoms with Crippen molar-refractivity contribution in [3.63, 3.8) is 0 Å². The quantitative estimate of drug-likeness (QED) is 0.240. The van der Waals surface area contributed by atoms with Crippen LogP contribution in [0.25, 0.3) is 11.1 Å². The van der Waals surface area contributed by atoms with E-state index in [-0.39, 0.29) is 28.7 Å². The zero-order valence-electron chi connectivity index (χ0n) is 19.8. The topological polar surface area (TPSA) is 125 Å². The molecule has 0 fully saturated rings. The molecule has 0 amide bonds. The lowest BCUT2D eigenvalue weighted by molar-refractivity contribution is -0.386. The SMILES string of the molecule is COC(=O)[C@H](NS(=O)(=O)c1ccc(-c2ccc(OCc3c(F)cccc3[N+](=O)[O-])cc2)cc1)C(C)C. The Balaban J connectivity index is 1.71. The van der Waals surface area contributed by atoms with Crippen LogP contribution in [0.3, 0.4) is 0 Å². The second-order valence-electron chi connectivity index (χ2n) is 8.20. The summed E-state index contributed by atoms with van der Waals surface area (Å²) < 4.78 is 52.1. The average Bonchev–Trinajstić information content (AvgIpc) is 2.86. The molecule has 0 saturated carbocycles. The zero-order valence-corrected chi connectivity index (χ0v) is 20.6. The molecule has 0 unspecified atom stereocenters. The molecule has 0 saturated heterocycles. The van der Waals surface area contributed by atoms with Gasteiger partial charge in [0.15, 0.2) is 0 Å². The van der Waals surface area contributed by atoms with Gasteiger partial charge in [0.1, 0.15) is 29.8 Å². The smallest absolute Gasteiger partial charge is 0.324 e. The lowest BCUT2D eigenvalue weighted by Gasteiger charge is -2.19. The number of sulfonamides is 1. The summed E-state index contributed by atoms with van der Waals surface area (Å²) in [5.74, 6) is -1.33. The van der Waals surface area contributed by atoms with Crippen molar-refractivity contribution in [3.8, 4) is 16.9 Å². The Kier molecular flexibility index (Phi) is 8.38. The first-order chi connectivity index (χ1) is 17.0. The number of hydrogen-bond donors (Lipinski definition) is 1. The Morgan fingerprint density at radius 2 is 1.61 bits per heavy atom. The van der Waals surface area contributed by atoms with E-state index in [1.165, 1.54) is 31.4 Å². The molecular formula is C25H25FN2O7S. The molecule has 0 aromatic heterocycles. The largest absolute Gasteiger partial charge is 0.489 e. The lowest BCUT2D eigenvalue weighted by Crippen LogP contribution is -2.44. The molecule has 9 nitrogen and oxygen atoms in total. The molecule has 1 atom stereocenters. The molecule has 3 aromatic rings. The fraction of sp³-hybridized carbons (Fsp3) is 0.240. The van der Waals surface area contributed by atoms with Crippen LogP contribution >= 0.6 is 0 Å². The van der Waals surface area contributed by atoms with Gasteiger partial charge in [-0.05, 0) is 47.4 Å². The summed E-state index contributed by atoms with van der Waals surface area (Å²) in [7, 11) is -2.77. The van der Waals surface area contributed by atoms with Gasteiger partial charge in [-0.1, -0.05) is 44.2 Å². The van der Waals surface area contributed by atoms with Crippen molar-refractivity contribution < 1.29 is 32.0 Å². The molecule has 0 heterocycles. The minimum Gasteiger partial charge on any atom is -0.489 e. The van der Waals surface area contributed by atoms with E-state index in [1.54, 1.807) is 50.2 Å². The van der Waals surface area contributed by atoms with Crippen molar-refractivity contribution >= 4 is 21.7 Å². The van der Waals surface area contributed by atoms with E-state index in [2.05, 4.69) is 9.46 Å². The van der Waals surface area contributed by atoms with Gasteiger partial charge in [-0.25, -0.2) is 12.8 Å². The highest BCUT2D eigenvalue weighted by atomic mass is 32.2. The summed E-state index contributed by atoms with van der Waals surface area (Å²) in [6.45, 7) is 3.10. The molecule has 36 heavy (non-hydrogen) atoms. The molecule has 0 spiro atoms. The summed E-state index contributed by atoms with van der Waals surface area (Å²) in [6.07, 6.45) is 0. The molecule has 0 radical (unpaired) electrons. The zero-order chi connectivity index (χ0) is 26.5. The Morgan fingerprint density at radius 1 is 1.03 bits per heavy atom. The molecule has 3 aromatic carbocycles. The number of nitro benzene ring substituents is 1. The maximum absolute atomic E-state index is 14.0. The van der Waals surface area contributed by atoms with Crippen molar-refractivity contribution in [3.05, 3.63) is 88.2 Å². The maximum Gasteiger partial charge on any atom is 0.324 e. The number of ether oxygens (including phenoxy) is 2. The molecule has 11 heteroatoms. The predicted molar refractivity (Wildman–Crippen MR) is 130 cm³/mol. The monoisotopic (exact) mass is 516 g/mol. The molecule has 3 rings (SSSR count). The van der Waals surface area contributed by atoms with Gasteiger partial charge in [-0.2, -0.15) is 4.72 Å². The highest BCUT2D eigenvalue weighted by Gasteiger charge is 2.29. The van der Waals surface area contributed by atoms with Crippen molar-refractivity contribution in [2.45, 2.75) is 31.4 Å². The molecule has 0 bridgehead atoms. The highest BCUT2D eigenvalue weighted by Crippen LogP contribution is 2.26. The van der Waals surface area contributed by atoms with Crippen LogP contribution in [0.4, 0.5) is 10.1 Å². The van der Waals surface area contributed by atoms with E-state index in [4.69, 9.17) is 4.74 Å². The van der Waals surface area contributed by atoms with Crippen molar-refractivity contribution in [2.24, 2.45) is 5.92 Å². The first kappa shape index (κ1) is 26.8. The number of nitrogens with zero attached hydrogens (tertiary/aromatic N) is 1. The van der Waals surface area contributed by atoms with E-state index in [9.17, 15) is 27.7 Å². The van der Waals surface area contributed by atoms with E-state index >= 15 is 0 Å². The first-order valence-corrected chi connectivity index (χ1v) is 12.4. The number of methoxy groups -OCH3 is 1. The van der Waals surface area contributed by atoms with E-state index in [0.29, 0.717) is 5.75 Å². The minimum absolute atomic E-state index is 0.00719. The van der Waals surface area contributed by atoms with Gasteiger partial charge < -0.3 is 9.47 Å². The molecule has 190 valence electrons. The van der Waals surface area contributed by atoms with Crippen molar-refractivity contribution in [2.75, 3.05) is 7.11 Å². The molecule has 0 aliphatic heterocycles. The van der Waals surface area contributed by atoms with Gasteiger partial charge in [0.2, 0.25) is 10.0 Å². The number of esters is 1. The Bertz CT molecular complexity index is 1340. The summed E-state index contributed by atoms with van der Waals surface area (Å²) in [6, 6.07) is 15.4. The van der Waals surface area contributed by atoms with Crippen LogP contribution in [0.2, 0.25) is 0 Å². The standard InChI is InChI=1S/C25H25FN2O7S/c1-16(2)24(25(29)34-3)27-36(32,33)20-13-9-18(10-14-20)17-7-11-19(12-8-17)35-15-21-22(26)5-4-6-23(21)28(30)31/h4-14,16,24,27H,15H2,1-3H3/t24-/m1/s1. The lowest BCUT2D eigenvalue weighted by atomic mass is 10.1. The predicted octanol–water partition coefficient (Wildman–Crippen LogP) is 4.46. The number of benzene rings is 3. The number of nitro groups is 1. The average molecular weight is 517 g/mol. The second-order valence-corrected chi connectivity index (χ2v) is 9.91. The van der Waals surface area contributed by atoms with E-state index in [0.717, 1.165) is 17.2 Å². The van der Waals surface area contributed by atoms with Crippen LogP contribution in [0.1, 0.15) is 19.4 Å². The van der Waals surface area contributed by atoms with Crippen LogP contribution in [-0.2, 0) is 26.2 Å². The third-order valence-corrected chi connectivity index (χ3v) is 6.89. The molecule has 1 N–H and O–H groups in total. The summed E-state index contributed by atoms with van der Waals surface area (Å²) in [5.41, 5.74) is 0.968. The van der Waals surface area contributed by atoms with E-state index in [1.807, 2.05) is 0 Å². The minimum atomic E-state index is -3.96. The van der Waals surface area contributed by atoms with Crippen molar-refractivity contribution in [1.82, 2.24) is 4.72 Å². The normalized spacial score (nSPS) is 12.2. The number of rotatable bonds is 10. The van der Waals surface area contributed by atoms with Crippen LogP contribution in [0.5, 0.6) is 5.75 Å². The fourth-order valence-electron chi connectivity index (χ4n) is 3.41. The summed E-state index contributed by atoms with van der Waals surface area (Å²) in [5, 5.41) is 11.1. The van der Waals surface area contributed by atoms with Gasteiger partial charge in [0.05, 0.1) is 16.9 Å². The van der Waals surface area contributed by atoms with Gasteiger partial charge in [0.25, 0.3) is 5.69 Å². The molecule has 0 aliphatic carbocycles. The third kappa shape index (κ3) is 6.23. The fourth-order valence-corrected chi connectivity index (χ4v) is 4.74. The van der Waals surface area contributed by atoms with Crippen LogP contribution < -0.4 is 9.46 Å². The first-order valence-electron chi connectivity index (χ1n) is 10.9. The Hall–Kier alpha value is -3.83. The van der Waals surface area contributed by atoms with Crippen LogP contribution in [-0.4, -0.2) is 32.5 Å². The Morgan fingerprint density at radius 3 is 2.14 bits per heavy atom. The number of halogens is 1. The number of nitrogens with one attached hydrogen (secondary N) is 1. The van der Waals surface area contributed by atoms with Gasteiger partial charge in [0, 0.05) is 6.07 Å². The van der Waals surface area contributed by atoms with Gasteiger partial charge in [-0.15, -0.1) is 0 Å². The third-order valence-electron chi connectivity index (χ3n) is 5.43. The molecule has 0 aliphatic rings. The van der Waals surface area contributed by atoms with Gasteiger partial charge >= 0.3 is 5.97 Å². The Labute approximate surface area is 208 Å². The maximum atomic E-state index is 14.0. The van der Waals surface area contributed by atoms with Crippen molar-refractivity contribution in [1.29, 1.82) is 0 Å².